The van der Waals surface area contributed by atoms with E-state index in [0.717, 1.165) is 10.0 Å². The molecule has 0 radical (unpaired) electrons. The van der Waals surface area contributed by atoms with E-state index in [1.807, 2.05) is 54.6 Å². The molecule has 0 aliphatic rings. The standard InChI is InChI=1S/C15H14BrN3S/c16-14-8-6-13(7-9-14)11-18-19-15(20)17-10-12-4-2-1-3-5-12/h1-9,11H,10H2,(H2,17,19,20). The molecule has 0 unspecified atom stereocenters. The number of benzene rings is 2. The van der Waals surface area contributed by atoms with Gasteiger partial charge in [0.05, 0.1) is 6.21 Å². The summed E-state index contributed by atoms with van der Waals surface area (Å²) in [5, 5.41) is 7.68. The normalized spacial score (nSPS) is 10.4. The zero-order chi connectivity index (χ0) is 14.2. The van der Waals surface area contributed by atoms with Crippen LogP contribution in [0.5, 0.6) is 0 Å². The number of hydrogen-bond donors (Lipinski definition) is 2. The Morgan fingerprint density at radius 1 is 1.10 bits per heavy atom. The summed E-state index contributed by atoms with van der Waals surface area (Å²) in [6.07, 6.45) is 1.73. The van der Waals surface area contributed by atoms with E-state index < -0.39 is 0 Å². The molecule has 0 spiro atoms. The van der Waals surface area contributed by atoms with Crippen LogP contribution in [0.4, 0.5) is 0 Å². The van der Waals surface area contributed by atoms with Gasteiger partial charge >= 0.3 is 0 Å². The molecule has 0 atom stereocenters. The number of thiocarbonyl (C=S) groups is 1. The third kappa shape index (κ3) is 5.11. The number of nitrogens with zero attached hydrogens (tertiary/aromatic N) is 1. The zero-order valence-electron chi connectivity index (χ0n) is 10.7. The monoisotopic (exact) mass is 347 g/mol. The second-order valence-corrected chi connectivity index (χ2v) is 5.41. The summed E-state index contributed by atoms with van der Waals surface area (Å²) in [6, 6.07) is 17.9. The maximum atomic E-state index is 5.15. The first-order valence-electron chi connectivity index (χ1n) is 6.10. The molecule has 2 rings (SSSR count). The molecule has 102 valence electrons. The van der Waals surface area contributed by atoms with Crippen molar-refractivity contribution in [3.05, 3.63) is 70.2 Å². The predicted octanol–water partition coefficient (Wildman–Crippen LogP) is 3.45. The minimum atomic E-state index is 0.502. The molecule has 0 heterocycles. The van der Waals surface area contributed by atoms with Crippen molar-refractivity contribution in [1.82, 2.24) is 10.7 Å². The van der Waals surface area contributed by atoms with Crippen LogP contribution in [0.2, 0.25) is 0 Å². The van der Waals surface area contributed by atoms with Crippen LogP contribution in [0.1, 0.15) is 11.1 Å². The van der Waals surface area contributed by atoms with E-state index in [1.165, 1.54) is 5.56 Å². The van der Waals surface area contributed by atoms with E-state index in [0.29, 0.717) is 11.7 Å². The van der Waals surface area contributed by atoms with Crippen molar-refractivity contribution in [2.24, 2.45) is 5.10 Å². The number of halogens is 1. The molecular formula is C15H14BrN3S. The van der Waals surface area contributed by atoms with Crippen molar-refractivity contribution in [2.45, 2.75) is 6.54 Å². The third-order valence-corrected chi connectivity index (χ3v) is 3.31. The first-order chi connectivity index (χ1) is 9.74. The van der Waals surface area contributed by atoms with Gasteiger partial charge in [-0.1, -0.05) is 58.4 Å². The molecule has 0 saturated carbocycles. The highest BCUT2D eigenvalue weighted by Gasteiger charge is 1.94. The van der Waals surface area contributed by atoms with Crippen LogP contribution in [0.15, 0.2) is 64.2 Å². The van der Waals surface area contributed by atoms with Crippen molar-refractivity contribution in [1.29, 1.82) is 0 Å². The molecule has 0 saturated heterocycles. The average Bonchev–Trinajstić information content (AvgIpc) is 2.48. The molecule has 0 amide bonds. The lowest BCUT2D eigenvalue weighted by molar-refractivity contribution is 0.869. The van der Waals surface area contributed by atoms with Crippen LogP contribution in [0, 0.1) is 0 Å². The van der Waals surface area contributed by atoms with Crippen LogP contribution in [0.3, 0.4) is 0 Å². The number of nitrogens with one attached hydrogen (secondary N) is 2. The van der Waals surface area contributed by atoms with Crippen LogP contribution in [-0.4, -0.2) is 11.3 Å². The Bertz CT molecular complexity index is 582. The maximum Gasteiger partial charge on any atom is 0.187 e. The fourth-order valence-electron chi connectivity index (χ4n) is 1.53. The molecule has 2 aromatic rings. The first kappa shape index (κ1) is 14.7. The fourth-order valence-corrected chi connectivity index (χ4v) is 1.92. The zero-order valence-corrected chi connectivity index (χ0v) is 13.1. The lowest BCUT2D eigenvalue weighted by Gasteiger charge is -2.06. The van der Waals surface area contributed by atoms with Gasteiger partial charge in [-0.2, -0.15) is 5.10 Å². The van der Waals surface area contributed by atoms with E-state index in [-0.39, 0.29) is 0 Å². The van der Waals surface area contributed by atoms with Crippen LogP contribution < -0.4 is 10.7 Å². The van der Waals surface area contributed by atoms with Gasteiger partial charge in [0.15, 0.2) is 5.11 Å². The molecule has 2 aromatic carbocycles. The van der Waals surface area contributed by atoms with Gasteiger partial charge in [0.25, 0.3) is 0 Å². The van der Waals surface area contributed by atoms with Crippen molar-refractivity contribution >= 4 is 39.5 Å². The van der Waals surface area contributed by atoms with Gasteiger partial charge in [0.1, 0.15) is 0 Å². The lowest BCUT2D eigenvalue weighted by Crippen LogP contribution is -2.31. The van der Waals surface area contributed by atoms with Crippen molar-refractivity contribution in [3.8, 4) is 0 Å². The molecule has 0 fully saturated rings. The Balaban J connectivity index is 1.76. The van der Waals surface area contributed by atoms with E-state index in [2.05, 4.69) is 31.8 Å². The Morgan fingerprint density at radius 3 is 2.50 bits per heavy atom. The number of hydrogen-bond acceptors (Lipinski definition) is 2. The topological polar surface area (TPSA) is 36.4 Å². The van der Waals surface area contributed by atoms with Gasteiger partial charge in [-0.25, -0.2) is 0 Å². The second-order valence-electron chi connectivity index (χ2n) is 4.09. The highest BCUT2D eigenvalue weighted by atomic mass is 79.9. The summed E-state index contributed by atoms with van der Waals surface area (Å²) in [4.78, 5) is 0. The highest BCUT2D eigenvalue weighted by Crippen LogP contribution is 2.08. The van der Waals surface area contributed by atoms with Gasteiger partial charge in [-0.15, -0.1) is 0 Å². The average molecular weight is 348 g/mol. The Labute approximate surface area is 132 Å². The Kier molecular flexibility index (Phi) is 5.70. The van der Waals surface area contributed by atoms with E-state index in [4.69, 9.17) is 12.2 Å². The molecule has 0 aliphatic heterocycles. The van der Waals surface area contributed by atoms with Gasteiger partial charge in [-0.05, 0) is 35.5 Å². The molecule has 2 N–H and O–H groups in total. The quantitative estimate of drug-likeness (QED) is 0.505. The molecule has 20 heavy (non-hydrogen) atoms. The number of hydrazone groups is 1. The largest absolute Gasteiger partial charge is 0.357 e. The molecule has 0 aliphatic carbocycles. The van der Waals surface area contributed by atoms with Crippen molar-refractivity contribution < 1.29 is 0 Å². The molecule has 0 bridgehead atoms. The van der Waals surface area contributed by atoms with E-state index >= 15 is 0 Å². The third-order valence-electron chi connectivity index (χ3n) is 2.55. The fraction of sp³-hybridized carbons (Fsp3) is 0.0667. The smallest absolute Gasteiger partial charge is 0.187 e. The van der Waals surface area contributed by atoms with Crippen LogP contribution in [0.25, 0.3) is 0 Å². The summed E-state index contributed by atoms with van der Waals surface area (Å²) in [7, 11) is 0. The Morgan fingerprint density at radius 2 is 1.80 bits per heavy atom. The van der Waals surface area contributed by atoms with E-state index in [1.54, 1.807) is 6.21 Å². The minimum Gasteiger partial charge on any atom is -0.357 e. The summed E-state index contributed by atoms with van der Waals surface area (Å²) < 4.78 is 1.04. The molecule has 3 nitrogen and oxygen atoms in total. The van der Waals surface area contributed by atoms with Gasteiger partial charge in [0.2, 0.25) is 0 Å². The molecule has 5 heteroatoms. The summed E-state index contributed by atoms with van der Waals surface area (Å²) >= 11 is 8.53. The SMILES string of the molecule is S=C(NCc1ccccc1)NN=Cc1ccc(Br)cc1. The summed E-state index contributed by atoms with van der Waals surface area (Å²) in [5.41, 5.74) is 4.97. The van der Waals surface area contributed by atoms with Gasteiger partial charge in [0, 0.05) is 11.0 Å². The van der Waals surface area contributed by atoms with Crippen molar-refractivity contribution in [2.75, 3.05) is 0 Å². The Hall–Kier alpha value is -1.72. The maximum absolute atomic E-state index is 5.15. The summed E-state index contributed by atoms with van der Waals surface area (Å²) in [6.45, 7) is 0.681. The molecular weight excluding hydrogens is 334 g/mol. The van der Waals surface area contributed by atoms with E-state index in [9.17, 15) is 0 Å². The second kappa shape index (κ2) is 7.77. The van der Waals surface area contributed by atoms with Gasteiger partial charge < -0.3 is 5.32 Å². The van der Waals surface area contributed by atoms with Crippen molar-refractivity contribution in [3.63, 3.8) is 0 Å². The van der Waals surface area contributed by atoms with Gasteiger partial charge in [-0.3, -0.25) is 5.43 Å². The minimum absolute atomic E-state index is 0.502. The highest BCUT2D eigenvalue weighted by molar-refractivity contribution is 9.10. The summed E-state index contributed by atoms with van der Waals surface area (Å²) in [5.74, 6) is 0. The first-order valence-corrected chi connectivity index (χ1v) is 7.30. The van der Waals surface area contributed by atoms with Crippen LogP contribution >= 0.6 is 28.1 Å². The number of rotatable bonds is 4. The molecule has 0 aromatic heterocycles. The van der Waals surface area contributed by atoms with Crippen LogP contribution in [-0.2, 0) is 6.54 Å². The predicted molar refractivity (Wildman–Crippen MR) is 90.8 cm³/mol. The lowest BCUT2D eigenvalue weighted by atomic mass is 10.2.